The van der Waals surface area contributed by atoms with Gasteiger partial charge in [-0.25, -0.2) is 0 Å². The Kier molecular flexibility index (Phi) is 4.15. The summed E-state index contributed by atoms with van der Waals surface area (Å²) in [5, 5.41) is 4.73. The van der Waals surface area contributed by atoms with E-state index in [4.69, 9.17) is 23.2 Å². The monoisotopic (exact) mass is 279 g/mol. The standard InChI is InChI=1S/C15H15Cl2N/c1-10-6-7-12(8-11(10)2)18-9-13-14(16)4-3-5-15(13)17/h3-8,18H,9H2,1-2H3. The number of halogens is 2. The van der Waals surface area contributed by atoms with Gasteiger partial charge < -0.3 is 5.32 Å². The number of aryl methyl sites for hydroxylation is 2. The van der Waals surface area contributed by atoms with E-state index >= 15 is 0 Å². The molecule has 0 spiro atoms. The van der Waals surface area contributed by atoms with E-state index in [1.807, 2.05) is 18.2 Å². The fourth-order valence-corrected chi connectivity index (χ4v) is 2.27. The van der Waals surface area contributed by atoms with E-state index in [0.29, 0.717) is 16.6 Å². The molecule has 0 aliphatic rings. The molecule has 0 fully saturated rings. The second-order valence-electron chi connectivity index (χ2n) is 4.35. The Morgan fingerprint density at radius 2 is 1.61 bits per heavy atom. The fraction of sp³-hybridized carbons (Fsp3) is 0.200. The lowest BCUT2D eigenvalue weighted by Crippen LogP contribution is -2.01. The number of benzene rings is 2. The van der Waals surface area contributed by atoms with Crippen LogP contribution in [0.2, 0.25) is 10.0 Å². The third-order valence-corrected chi connectivity index (χ3v) is 3.75. The van der Waals surface area contributed by atoms with Gasteiger partial charge in [0, 0.05) is 27.8 Å². The maximum atomic E-state index is 6.13. The highest BCUT2D eigenvalue weighted by Gasteiger charge is 2.05. The first kappa shape index (κ1) is 13.3. The van der Waals surface area contributed by atoms with Crippen molar-refractivity contribution in [3.05, 3.63) is 63.1 Å². The van der Waals surface area contributed by atoms with Crippen molar-refractivity contribution in [1.29, 1.82) is 0 Å². The SMILES string of the molecule is Cc1ccc(NCc2c(Cl)cccc2Cl)cc1C. The Morgan fingerprint density at radius 1 is 0.944 bits per heavy atom. The molecule has 0 radical (unpaired) electrons. The maximum Gasteiger partial charge on any atom is 0.0470 e. The average molecular weight is 280 g/mol. The van der Waals surface area contributed by atoms with Crippen molar-refractivity contribution in [1.82, 2.24) is 0 Å². The molecular weight excluding hydrogens is 265 g/mol. The minimum atomic E-state index is 0.626. The molecule has 0 heterocycles. The summed E-state index contributed by atoms with van der Waals surface area (Å²) >= 11 is 12.3. The third kappa shape index (κ3) is 2.98. The van der Waals surface area contributed by atoms with Crippen LogP contribution in [0.3, 0.4) is 0 Å². The molecular formula is C15H15Cl2N. The summed E-state index contributed by atoms with van der Waals surface area (Å²) in [6.07, 6.45) is 0. The summed E-state index contributed by atoms with van der Waals surface area (Å²) in [4.78, 5) is 0. The molecule has 2 aromatic carbocycles. The second kappa shape index (κ2) is 5.64. The molecule has 1 nitrogen and oxygen atoms in total. The van der Waals surface area contributed by atoms with Gasteiger partial charge in [0.15, 0.2) is 0 Å². The first-order valence-electron chi connectivity index (χ1n) is 5.82. The molecule has 0 aliphatic heterocycles. The van der Waals surface area contributed by atoms with Crippen LogP contribution in [0.15, 0.2) is 36.4 Å². The molecule has 0 saturated carbocycles. The summed E-state index contributed by atoms with van der Waals surface area (Å²) in [5.74, 6) is 0. The Bertz CT molecular complexity index is 544. The van der Waals surface area contributed by atoms with Gasteiger partial charge >= 0.3 is 0 Å². The Labute approximate surface area is 118 Å². The van der Waals surface area contributed by atoms with Crippen LogP contribution in [-0.2, 0) is 6.54 Å². The van der Waals surface area contributed by atoms with E-state index in [1.54, 1.807) is 0 Å². The van der Waals surface area contributed by atoms with Gasteiger partial charge in [0.2, 0.25) is 0 Å². The van der Waals surface area contributed by atoms with E-state index in [-0.39, 0.29) is 0 Å². The molecule has 0 atom stereocenters. The molecule has 94 valence electrons. The molecule has 1 N–H and O–H groups in total. The van der Waals surface area contributed by atoms with E-state index in [1.165, 1.54) is 11.1 Å². The lowest BCUT2D eigenvalue weighted by molar-refractivity contribution is 1.14. The van der Waals surface area contributed by atoms with Crippen LogP contribution in [0.25, 0.3) is 0 Å². The molecule has 0 saturated heterocycles. The first-order valence-corrected chi connectivity index (χ1v) is 6.57. The van der Waals surface area contributed by atoms with E-state index < -0.39 is 0 Å². The first-order chi connectivity index (χ1) is 8.58. The molecule has 0 unspecified atom stereocenters. The van der Waals surface area contributed by atoms with Crippen molar-refractivity contribution in [2.24, 2.45) is 0 Å². The molecule has 0 amide bonds. The smallest absolute Gasteiger partial charge is 0.0470 e. The summed E-state index contributed by atoms with van der Waals surface area (Å²) in [6.45, 7) is 4.83. The van der Waals surface area contributed by atoms with E-state index in [2.05, 4.69) is 37.4 Å². The quantitative estimate of drug-likeness (QED) is 0.812. The van der Waals surface area contributed by atoms with Crippen LogP contribution in [0.5, 0.6) is 0 Å². The predicted molar refractivity (Wildman–Crippen MR) is 79.7 cm³/mol. The van der Waals surface area contributed by atoms with Gasteiger partial charge in [-0.05, 0) is 49.2 Å². The number of hydrogen-bond donors (Lipinski definition) is 1. The fourth-order valence-electron chi connectivity index (χ4n) is 1.74. The molecule has 0 aliphatic carbocycles. The molecule has 2 rings (SSSR count). The zero-order valence-corrected chi connectivity index (χ0v) is 11.9. The van der Waals surface area contributed by atoms with Crippen molar-refractivity contribution < 1.29 is 0 Å². The molecule has 0 bridgehead atoms. The summed E-state index contributed by atoms with van der Waals surface area (Å²) in [7, 11) is 0. The van der Waals surface area contributed by atoms with Gasteiger partial charge in [-0.1, -0.05) is 35.3 Å². The highest BCUT2D eigenvalue weighted by Crippen LogP contribution is 2.25. The van der Waals surface area contributed by atoms with Gasteiger partial charge in [0.05, 0.1) is 0 Å². The second-order valence-corrected chi connectivity index (χ2v) is 5.17. The lowest BCUT2D eigenvalue weighted by Gasteiger charge is -2.11. The van der Waals surface area contributed by atoms with Gasteiger partial charge in [-0.3, -0.25) is 0 Å². The van der Waals surface area contributed by atoms with Crippen molar-refractivity contribution in [3.8, 4) is 0 Å². The van der Waals surface area contributed by atoms with Gasteiger partial charge in [0.25, 0.3) is 0 Å². The summed E-state index contributed by atoms with van der Waals surface area (Å²) in [5.41, 5.74) is 4.56. The predicted octanol–water partition coefficient (Wildman–Crippen LogP) is 5.22. The van der Waals surface area contributed by atoms with Crippen LogP contribution in [0.4, 0.5) is 5.69 Å². The highest BCUT2D eigenvalue weighted by molar-refractivity contribution is 6.36. The van der Waals surface area contributed by atoms with Crippen LogP contribution in [0.1, 0.15) is 16.7 Å². The number of hydrogen-bond acceptors (Lipinski definition) is 1. The van der Waals surface area contributed by atoms with Crippen LogP contribution in [0, 0.1) is 13.8 Å². The number of anilines is 1. The Hall–Kier alpha value is -1.18. The van der Waals surface area contributed by atoms with Crippen LogP contribution < -0.4 is 5.32 Å². The highest BCUT2D eigenvalue weighted by atomic mass is 35.5. The lowest BCUT2D eigenvalue weighted by atomic mass is 10.1. The third-order valence-electron chi connectivity index (χ3n) is 3.04. The number of rotatable bonds is 3. The molecule has 18 heavy (non-hydrogen) atoms. The summed E-state index contributed by atoms with van der Waals surface area (Å²) in [6, 6.07) is 11.8. The van der Waals surface area contributed by atoms with E-state index in [9.17, 15) is 0 Å². The Morgan fingerprint density at radius 3 is 2.22 bits per heavy atom. The Balaban J connectivity index is 2.14. The van der Waals surface area contributed by atoms with Crippen molar-refractivity contribution >= 4 is 28.9 Å². The van der Waals surface area contributed by atoms with Gasteiger partial charge in [-0.2, -0.15) is 0 Å². The number of nitrogens with one attached hydrogen (secondary N) is 1. The van der Waals surface area contributed by atoms with Gasteiger partial charge in [0.1, 0.15) is 0 Å². The van der Waals surface area contributed by atoms with E-state index in [0.717, 1.165) is 11.3 Å². The van der Waals surface area contributed by atoms with Gasteiger partial charge in [-0.15, -0.1) is 0 Å². The molecule has 2 aromatic rings. The normalized spacial score (nSPS) is 10.4. The maximum absolute atomic E-state index is 6.13. The van der Waals surface area contributed by atoms with Crippen molar-refractivity contribution in [3.63, 3.8) is 0 Å². The molecule has 0 aromatic heterocycles. The largest absolute Gasteiger partial charge is 0.381 e. The molecule has 3 heteroatoms. The topological polar surface area (TPSA) is 12.0 Å². The average Bonchev–Trinajstić information content (AvgIpc) is 2.33. The zero-order valence-electron chi connectivity index (χ0n) is 10.4. The van der Waals surface area contributed by atoms with Crippen LogP contribution >= 0.6 is 23.2 Å². The minimum Gasteiger partial charge on any atom is -0.381 e. The van der Waals surface area contributed by atoms with Crippen LogP contribution in [-0.4, -0.2) is 0 Å². The zero-order chi connectivity index (χ0) is 13.1. The minimum absolute atomic E-state index is 0.626. The van der Waals surface area contributed by atoms with Crippen molar-refractivity contribution in [2.75, 3.05) is 5.32 Å². The van der Waals surface area contributed by atoms with Crippen molar-refractivity contribution in [2.45, 2.75) is 20.4 Å². The summed E-state index contributed by atoms with van der Waals surface area (Å²) < 4.78 is 0.